The minimum absolute atomic E-state index is 0. The highest BCUT2D eigenvalue weighted by molar-refractivity contribution is 5.93. The maximum Gasteiger partial charge on any atom is 0.159 e. The number of benzene rings is 2. The number of aldehydes is 1. The zero-order valence-corrected chi connectivity index (χ0v) is 9.67. The maximum absolute atomic E-state index is 10.6. The van der Waals surface area contributed by atoms with Crippen LogP contribution in [0.3, 0.4) is 0 Å². The maximum atomic E-state index is 10.6. The van der Waals surface area contributed by atoms with Crippen LogP contribution in [0.5, 0.6) is 0 Å². The van der Waals surface area contributed by atoms with Crippen LogP contribution in [0.2, 0.25) is 0 Å². The van der Waals surface area contributed by atoms with Crippen LogP contribution in [0.1, 0.15) is 35.1 Å². The van der Waals surface area contributed by atoms with Gasteiger partial charge in [0.2, 0.25) is 0 Å². The van der Waals surface area contributed by atoms with Gasteiger partial charge in [-0.3, -0.25) is 9.59 Å². The van der Waals surface area contributed by atoms with E-state index < -0.39 is 0 Å². The lowest BCUT2D eigenvalue weighted by atomic mass is 10.2. The molecule has 2 heteroatoms. The Kier molecular flexibility index (Phi) is 7.78. The Labute approximate surface area is 108 Å². The first kappa shape index (κ1) is 15.8. The van der Waals surface area contributed by atoms with E-state index in [0.29, 0.717) is 0 Å². The van der Waals surface area contributed by atoms with Crippen molar-refractivity contribution in [2.24, 2.45) is 0 Å². The predicted octanol–water partition coefficient (Wildman–Crippen LogP) is 4.02. The highest BCUT2D eigenvalue weighted by Crippen LogP contribution is 1.97. The molecule has 0 bridgehead atoms. The fourth-order valence-corrected chi connectivity index (χ4v) is 1.20. The van der Waals surface area contributed by atoms with Gasteiger partial charge in [-0.15, -0.1) is 0 Å². The van der Waals surface area contributed by atoms with E-state index in [1.165, 1.54) is 0 Å². The summed E-state index contributed by atoms with van der Waals surface area (Å²) in [6.45, 7) is 1.56. The van der Waals surface area contributed by atoms with Gasteiger partial charge >= 0.3 is 0 Å². The summed E-state index contributed by atoms with van der Waals surface area (Å²) in [6.07, 6.45) is 0.833. The molecule has 2 aromatic rings. The third-order valence-electron chi connectivity index (χ3n) is 2.12. The Balaban J connectivity index is 0.000000306. The molecule has 0 spiro atoms. The number of hydrogen-bond acceptors (Lipinski definition) is 2. The van der Waals surface area contributed by atoms with Crippen LogP contribution in [0.15, 0.2) is 60.7 Å². The van der Waals surface area contributed by atoms with Crippen molar-refractivity contribution >= 4 is 12.1 Å². The largest absolute Gasteiger partial charge is 0.298 e. The normalized spacial score (nSPS) is 8.28. The molecule has 0 atom stereocenters. The molecule has 18 heavy (non-hydrogen) atoms. The van der Waals surface area contributed by atoms with Crippen LogP contribution in [0, 0.1) is 0 Å². The molecule has 0 saturated heterocycles. The van der Waals surface area contributed by atoms with Gasteiger partial charge in [0.05, 0.1) is 0 Å². The Morgan fingerprint density at radius 1 is 0.889 bits per heavy atom. The second kappa shape index (κ2) is 8.88. The Morgan fingerprint density at radius 2 is 1.33 bits per heavy atom. The third kappa shape index (κ3) is 5.75. The first-order valence-corrected chi connectivity index (χ1v) is 5.30. The number of ketones is 1. The molecule has 0 aliphatic heterocycles. The molecule has 2 rings (SSSR count). The first-order chi connectivity index (χ1) is 8.24. The molecule has 0 radical (unpaired) electrons. The van der Waals surface area contributed by atoms with Crippen molar-refractivity contribution in [1.29, 1.82) is 0 Å². The summed E-state index contributed by atoms with van der Waals surface area (Å²) in [4.78, 5) is 20.7. The molecular formula is C16H18O2. The Morgan fingerprint density at radius 3 is 1.61 bits per heavy atom. The molecule has 0 saturated carbocycles. The molecule has 0 amide bonds. The van der Waals surface area contributed by atoms with Crippen LogP contribution in [-0.4, -0.2) is 12.1 Å². The second-order valence-electron chi connectivity index (χ2n) is 3.45. The summed E-state index contributed by atoms with van der Waals surface area (Å²) in [5.41, 5.74) is 1.50. The minimum Gasteiger partial charge on any atom is -0.298 e. The van der Waals surface area contributed by atoms with Gasteiger partial charge in [0.1, 0.15) is 6.29 Å². The molecule has 0 aromatic heterocycles. The number of carbonyl (C=O) groups is 2. The summed E-state index contributed by atoms with van der Waals surface area (Å²) in [6, 6.07) is 18.3. The van der Waals surface area contributed by atoms with E-state index in [2.05, 4.69) is 0 Å². The zero-order chi connectivity index (χ0) is 12.5. The van der Waals surface area contributed by atoms with Crippen molar-refractivity contribution in [1.82, 2.24) is 0 Å². The van der Waals surface area contributed by atoms with Gasteiger partial charge < -0.3 is 0 Å². The smallest absolute Gasteiger partial charge is 0.159 e. The summed E-state index contributed by atoms with van der Waals surface area (Å²) >= 11 is 0. The monoisotopic (exact) mass is 242 g/mol. The van der Waals surface area contributed by atoms with E-state index in [0.717, 1.165) is 17.4 Å². The van der Waals surface area contributed by atoms with Crippen LogP contribution in [0.25, 0.3) is 0 Å². The van der Waals surface area contributed by atoms with Gasteiger partial charge in [0, 0.05) is 11.1 Å². The van der Waals surface area contributed by atoms with Gasteiger partial charge in [0.15, 0.2) is 5.78 Å². The first-order valence-electron chi connectivity index (χ1n) is 5.30. The van der Waals surface area contributed by atoms with Crippen LogP contribution in [0.4, 0.5) is 0 Å². The van der Waals surface area contributed by atoms with Crippen molar-refractivity contribution in [3.63, 3.8) is 0 Å². The van der Waals surface area contributed by atoms with Crippen molar-refractivity contribution < 1.29 is 9.59 Å². The van der Waals surface area contributed by atoms with Crippen LogP contribution >= 0.6 is 0 Å². The second-order valence-corrected chi connectivity index (χ2v) is 3.45. The molecule has 2 nitrogen and oxygen atoms in total. The average molecular weight is 242 g/mol. The van der Waals surface area contributed by atoms with Gasteiger partial charge in [-0.2, -0.15) is 0 Å². The summed E-state index contributed by atoms with van der Waals surface area (Å²) in [5, 5.41) is 0. The highest BCUT2D eigenvalue weighted by Gasteiger charge is 1.92. The van der Waals surface area contributed by atoms with E-state index in [9.17, 15) is 9.59 Å². The van der Waals surface area contributed by atoms with Gasteiger partial charge in [0.25, 0.3) is 0 Å². The predicted molar refractivity (Wildman–Crippen MR) is 75.0 cm³/mol. The SMILES string of the molecule is C.CC(=O)c1ccccc1.O=Cc1ccccc1. The summed E-state index contributed by atoms with van der Waals surface area (Å²) < 4.78 is 0. The average Bonchev–Trinajstić information content (AvgIpc) is 2.41. The lowest BCUT2D eigenvalue weighted by Crippen LogP contribution is -1.88. The number of carbonyl (C=O) groups excluding carboxylic acids is 2. The zero-order valence-electron chi connectivity index (χ0n) is 9.67. The molecule has 2 aromatic carbocycles. The lowest BCUT2D eigenvalue weighted by molar-refractivity contribution is 0.101. The van der Waals surface area contributed by atoms with Crippen LogP contribution < -0.4 is 0 Å². The fraction of sp³-hybridized carbons (Fsp3) is 0.125. The quantitative estimate of drug-likeness (QED) is 0.588. The lowest BCUT2D eigenvalue weighted by Gasteiger charge is -1.89. The highest BCUT2D eigenvalue weighted by atomic mass is 16.1. The molecule has 0 aliphatic rings. The topological polar surface area (TPSA) is 34.1 Å². The summed E-state index contributed by atoms with van der Waals surface area (Å²) in [7, 11) is 0. The van der Waals surface area contributed by atoms with Crippen molar-refractivity contribution in [2.45, 2.75) is 14.4 Å². The Hall–Kier alpha value is -2.22. The van der Waals surface area contributed by atoms with Gasteiger partial charge in [-0.1, -0.05) is 68.1 Å². The molecule has 94 valence electrons. The Bertz CT molecular complexity index is 461. The van der Waals surface area contributed by atoms with E-state index >= 15 is 0 Å². The number of hydrogen-bond donors (Lipinski definition) is 0. The molecule has 0 unspecified atom stereocenters. The summed E-state index contributed by atoms with van der Waals surface area (Å²) in [5.74, 6) is 0.121. The van der Waals surface area contributed by atoms with Crippen LogP contribution in [-0.2, 0) is 0 Å². The van der Waals surface area contributed by atoms with E-state index in [-0.39, 0.29) is 13.2 Å². The fourth-order valence-electron chi connectivity index (χ4n) is 1.20. The minimum atomic E-state index is 0. The number of Topliss-reactive ketones (excluding diaryl/α,β-unsaturated/α-hetero) is 1. The van der Waals surface area contributed by atoms with Crippen molar-refractivity contribution in [3.05, 3.63) is 71.8 Å². The van der Waals surface area contributed by atoms with E-state index in [1.54, 1.807) is 19.1 Å². The van der Waals surface area contributed by atoms with E-state index in [1.807, 2.05) is 48.5 Å². The molecular weight excluding hydrogens is 224 g/mol. The van der Waals surface area contributed by atoms with Gasteiger partial charge in [-0.25, -0.2) is 0 Å². The number of rotatable bonds is 2. The van der Waals surface area contributed by atoms with Crippen molar-refractivity contribution in [3.8, 4) is 0 Å². The molecule has 0 N–H and O–H groups in total. The van der Waals surface area contributed by atoms with E-state index in [4.69, 9.17) is 0 Å². The van der Waals surface area contributed by atoms with Crippen molar-refractivity contribution in [2.75, 3.05) is 0 Å². The molecule has 0 heterocycles. The molecule has 0 aliphatic carbocycles. The van der Waals surface area contributed by atoms with Gasteiger partial charge in [-0.05, 0) is 6.92 Å². The standard InChI is InChI=1S/C8H8O.C7H6O.CH4/c1-7(9)8-5-3-2-4-6-8;8-6-7-4-2-1-3-5-7;/h2-6H,1H3;1-6H;1H4. The third-order valence-corrected chi connectivity index (χ3v) is 2.12. The molecule has 0 fully saturated rings.